The molecule has 5 nitrogen and oxygen atoms in total. The van der Waals surface area contributed by atoms with Crippen LogP contribution < -0.4 is 10.6 Å². The summed E-state index contributed by atoms with van der Waals surface area (Å²) in [5.41, 5.74) is -1.07. The summed E-state index contributed by atoms with van der Waals surface area (Å²) in [6.45, 7) is 1.43. The van der Waals surface area contributed by atoms with Gasteiger partial charge in [0.1, 0.15) is 0 Å². The number of alkyl halides is 3. The Balaban J connectivity index is 2.74. The predicted octanol–water partition coefficient (Wildman–Crippen LogP) is 2.18. The lowest BCUT2D eigenvalue weighted by atomic mass is 10.2. The molecule has 0 aromatic heterocycles. The van der Waals surface area contributed by atoms with Crippen LogP contribution >= 0.6 is 11.6 Å². The number of benzene rings is 1. The Labute approximate surface area is 129 Å². The van der Waals surface area contributed by atoms with Crippen molar-refractivity contribution in [3.8, 4) is 0 Å². The average molecular weight is 339 g/mol. The Morgan fingerprint density at radius 3 is 2.45 bits per heavy atom. The van der Waals surface area contributed by atoms with E-state index in [9.17, 15) is 22.8 Å². The molecular formula is C13H14ClF3N2O3. The maximum Gasteiger partial charge on any atom is 0.416 e. The van der Waals surface area contributed by atoms with E-state index in [0.717, 1.165) is 12.1 Å². The molecule has 0 fully saturated rings. The Morgan fingerprint density at radius 2 is 1.95 bits per heavy atom. The van der Waals surface area contributed by atoms with E-state index in [0.29, 0.717) is 6.07 Å². The second-order valence-corrected chi connectivity index (χ2v) is 4.94. The largest absolute Gasteiger partial charge is 0.416 e. The Hall–Kier alpha value is -1.80. The summed E-state index contributed by atoms with van der Waals surface area (Å²) in [7, 11) is 0. The molecule has 9 heteroatoms. The molecule has 0 unspecified atom stereocenters. The van der Waals surface area contributed by atoms with Crippen molar-refractivity contribution in [1.82, 2.24) is 5.32 Å². The highest BCUT2D eigenvalue weighted by Crippen LogP contribution is 2.33. The molecule has 1 rings (SSSR count). The van der Waals surface area contributed by atoms with Gasteiger partial charge in [0, 0.05) is 12.6 Å². The Bertz CT molecular complexity index is 564. The molecule has 3 N–H and O–H groups in total. The highest BCUT2D eigenvalue weighted by Gasteiger charge is 2.31. The lowest BCUT2D eigenvalue weighted by Crippen LogP contribution is -2.40. The standard InChI is InChI=1S/C13H14ClF3N2O3/c1-7(4-5-20)18-11(21)12(22)19-10-3-2-8(6-9(10)14)13(15,16)17/h2-3,6-7,20H,4-5H2,1H3,(H,18,21)(H,19,22)/t7-/m1/s1. The van der Waals surface area contributed by atoms with Crippen LogP contribution in [0.15, 0.2) is 18.2 Å². The van der Waals surface area contributed by atoms with Gasteiger partial charge < -0.3 is 15.7 Å². The minimum atomic E-state index is -4.55. The van der Waals surface area contributed by atoms with Crippen molar-refractivity contribution in [2.24, 2.45) is 0 Å². The van der Waals surface area contributed by atoms with Crippen LogP contribution in [-0.2, 0) is 15.8 Å². The number of amides is 2. The van der Waals surface area contributed by atoms with Gasteiger partial charge in [-0.25, -0.2) is 0 Å². The van der Waals surface area contributed by atoms with Crippen molar-refractivity contribution in [1.29, 1.82) is 0 Å². The van der Waals surface area contributed by atoms with Crippen molar-refractivity contribution in [3.05, 3.63) is 28.8 Å². The van der Waals surface area contributed by atoms with Crippen LogP contribution in [0.1, 0.15) is 18.9 Å². The number of hydrogen-bond acceptors (Lipinski definition) is 3. The summed E-state index contributed by atoms with van der Waals surface area (Å²) in [6.07, 6.45) is -4.29. The van der Waals surface area contributed by atoms with Gasteiger partial charge in [0.2, 0.25) is 0 Å². The highest BCUT2D eigenvalue weighted by molar-refractivity contribution is 6.41. The first-order valence-electron chi connectivity index (χ1n) is 6.24. The van der Waals surface area contributed by atoms with Crippen molar-refractivity contribution >= 4 is 29.1 Å². The van der Waals surface area contributed by atoms with Gasteiger partial charge in [-0.05, 0) is 31.5 Å². The zero-order valence-corrected chi connectivity index (χ0v) is 12.3. The SMILES string of the molecule is C[C@H](CCO)NC(=O)C(=O)Nc1ccc(C(F)(F)F)cc1Cl. The lowest BCUT2D eigenvalue weighted by Gasteiger charge is -2.13. The Morgan fingerprint density at radius 1 is 1.32 bits per heavy atom. The van der Waals surface area contributed by atoms with Gasteiger partial charge in [0.15, 0.2) is 0 Å². The fourth-order valence-corrected chi connectivity index (χ4v) is 1.75. The minimum Gasteiger partial charge on any atom is -0.396 e. The summed E-state index contributed by atoms with van der Waals surface area (Å²) in [4.78, 5) is 23.2. The summed E-state index contributed by atoms with van der Waals surface area (Å²) in [5, 5.41) is 12.8. The molecule has 0 spiro atoms. The molecule has 1 atom stereocenters. The second kappa shape index (κ2) is 7.46. The Kier molecular flexibility index (Phi) is 6.19. The molecule has 1 aromatic rings. The van der Waals surface area contributed by atoms with E-state index in [2.05, 4.69) is 10.6 Å². The molecule has 0 aliphatic carbocycles. The smallest absolute Gasteiger partial charge is 0.396 e. The molecule has 1 aromatic carbocycles. The summed E-state index contributed by atoms with van der Waals surface area (Å²) in [5.74, 6) is -2.04. The molecule has 0 saturated carbocycles. The normalized spacial score (nSPS) is 12.6. The van der Waals surface area contributed by atoms with Gasteiger partial charge in [-0.2, -0.15) is 13.2 Å². The molecule has 0 bridgehead atoms. The molecule has 0 aliphatic rings. The van der Waals surface area contributed by atoms with Crippen molar-refractivity contribution in [3.63, 3.8) is 0 Å². The van der Waals surface area contributed by atoms with Gasteiger partial charge in [0.25, 0.3) is 0 Å². The van der Waals surface area contributed by atoms with E-state index >= 15 is 0 Å². The molecule has 0 heterocycles. The fourth-order valence-electron chi connectivity index (χ4n) is 1.53. The first-order valence-corrected chi connectivity index (χ1v) is 6.62. The number of hydrogen-bond donors (Lipinski definition) is 3. The third-order valence-corrected chi connectivity index (χ3v) is 3.00. The number of aliphatic hydroxyl groups is 1. The number of rotatable bonds is 4. The van der Waals surface area contributed by atoms with Gasteiger partial charge >= 0.3 is 18.0 Å². The molecule has 22 heavy (non-hydrogen) atoms. The highest BCUT2D eigenvalue weighted by atomic mass is 35.5. The number of nitrogens with one attached hydrogen (secondary N) is 2. The molecule has 2 amide bonds. The third kappa shape index (κ3) is 5.19. The van der Waals surface area contributed by atoms with E-state index in [-0.39, 0.29) is 23.7 Å². The van der Waals surface area contributed by atoms with Gasteiger partial charge in [0.05, 0.1) is 16.3 Å². The quantitative estimate of drug-likeness (QED) is 0.736. The molecule has 0 aliphatic heterocycles. The summed E-state index contributed by atoms with van der Waals surface area (Å²) < 4.78 is 37.4. The number of carbonyl (C=O) groups excluding carboxylic acids is 2. The molecular weight excluding hydrogens is 325 g/mol. The zero-order chi connectivity index (χ0) is 16.9. The molecule has 0 saturated heterocycles. The van der Waals surface area contributed by atoms with E-state index in [1.54, 1.807) is 6.92 Å². The number of halogens is 4. The summed E-state index contributed by atoms with van der Waals surface area (Å²) >= 11 is 5.66. The van der Waals surface area contributed by atoms with E-state index in [1.807, 2.05) is 0 Å². The molecule has 122 valence electrons. The lowest BCUT2D eigenvalue weighted by molar-refractivity contribution is -0.137. The maximum absolute atomic E-state index is 12.5. The van der Waals surface area contributed by atoms with Crippen LogP contribution in [0, 0.1) is 0 Å². The van der Waals surface area contributed by atoms with E-state index in [1.165, 1.54) is 0 Å². The van der Waals surface area contributed by atoms with Crippen LogP contribution in [0.3, 0.4) is 0 Å². The van der Waals surface area contributed by atoms with Crippen LogP contribution in [0.5, 0.6) is 0 Å². The average Bonchev–Trinajstić information content (AvgIpc) is 2.39. The molecule has 0 radical (unpaired) electrons. The van der Waals surface area contributed by atoms with Crippen molar-refractivity contribution < 1.29 is 27.9 Å². The van der Waals surface area contributed by atoms with Crippen LogP contribution in [0.25, 0.3) is 0 Å². The maximum atomic E-state index is 12.5. The number of carbonyl (C=O) groups is 2. The first kappa shape index (κ1) is 18.2. The fraction of sp³-hybridized carbons (Fsp3) is 0.385. The van der Waals surface area contributed by atoms with Crippen LogP contribution in [0.4, 0.5) is 18.9 Å². The number of aliphatic hydroxyl groups excluding tert-OH is 1. The first-order chi connectivity index (χ1) is 10.1. The third-order valence-electron chi connectivity index (χ3n) is 2.69. The van der Waals surface area contributed by atoms with Gasteiger partial charge in [-0.15, -0.1) is 0 Å². The van der Waals surface area contributed by atoms with Gasteiger partial charge in [-0.3, -0.25) is 9.59 Å². The van der Waals surface area contributed by atoms with Crippen LogP contribution in [-0.4, -0.2) is 29.6 Å². The minimum absolute atomic E-state index is 0.107. The zero-order valence-electron chi connectivity index (χ0n) is 11.5. The number of anilines is 1. The monoisotopic (exact) mass is 338 g/mol. The van der Waals surface area contributed by atoms with Crippen LogP contribution in [0.2, 0.25) is 5.02 Å². The predicted molar refractivity (Wildman–Crippen MR) is 74.4 cm³/mol. The van der Waals surface area contributed by atoms with Gasteiger partial charge in [-0.1, -0.05) is 11.6 Å². The van der Waals surface area contributed by atoms with Crippen molar-refractivity contribution in [2.45, 2.75) is 25.6 Å². The summed E-state index contributed by atoms with van der Waals surface area (Å²) in [6, 6.07) is 1.94. The topological polar surface area (TPSA) is 78.4 Å². The van der Waals surface area contributed by atoms with E-state index < -0.39 is 29.6 Å². The second-order valence-electron chi connectivity index (χ2n) is 4.53. The van der Waals surface area contributed by atoms with Crippen molar-refractivity contribution in [2.75, 3.05) is 11.9 Å². The van der Waals surface area contributed by atoms with E-state index in [4.69, 9.17) is 16.7 Å².